The highest BCUT2D eigenvalue weighted by molar-refractivity contribution is 7.09. The molecule has 0 N–H and O–H groups in total. The molecule has 0 radical (unpaired) electrons. The summed E-state index contributed by atoms with van der Waals surface area (Å²) in [7, 11) is 1.79. The zero-order valence-corrected chi connectivity index (χ0v) is 14.6. The lowest BCUT2D eigenvalue weighted by Gasteiger charge is -2.16. The van der Waals surface area contributed by atoms with Crippen molar-refractivity contribution in [1.82, 2.24) is 30.1 Å². The Hall–Kier alpha value is -2.61. The number of hydrogen-bond donors (Lipinski definition) is 0. The van der Waals surface area contributed by atoms with Gasteiger partial charge in [0, 0.05) is 23.7 Å². The summed E-state index contributed by atoms with van der Waals surface area (Å²) in [5.41, 5.74) is 2.68. The number of aryl methyl sites for hydroxylation is 2. The summed E-state index contributed by atoms with van der Waals surface area (Å²) < 4.78 is 1.72. The van der Waals surface area contributed by atoms with Crippen LogP contribution in [0.5, 0.6) is 0 Å². The molecule has 0 aliphatic rings. The minimum atomic E-state index is -0.0204. The Morgan fingerprint density at radius 1 is 1.25 bits per heavy atom. The first-order valence-corrected chi connectivity index (χ1v) is 8.39. The van der Waals surface area contributed by atoms with E-state index in [-0.39, 0.29) is 5.91 Å². The molecule has 0 aliphatic carbocycles. The van der Waals surface area contributed by atoms with E-state index in [1.807, 2.05) is 43.5 Å². The van der Waals surface area contributed by atoms with Gasteiger partial charge < -0.3 is 4.90 Å². The maximum Gasteiger partial charge on any atom is 0.253 e. The first-order valence-electron chi connectivity index (χ1n) is 7.51. The molecule has 0 spiro atoms. The van der Waals surface area contributed by atoms with Gasteiger partial charge in [-0.25, -0.2) is 9.67 Å². The van der Waals surface area contributed by atoms with Crippen molar-refractivity contribution in [3.63, 3.8) is 0 Å². The van der Waals surface area contributed by atoms with E-state index in [0.717, 1.165) is 22.1 Å². The second-order valence-electron chi connectivity index (χ2n) is 5.62. The molecule has 0 saturated heterocycles. The third-order valence-electron chi connectivity index (χ3n) is 3.63. The fraction of sp³-hybridized carbons (Fsp3) is 0.312. The number of tetrazole rings is 1. The first-order chi connectivity index (χ1) is 11.5. The number of carbonyl (C=O) groups is 1. The number of rotatable bonds is 5. The fourth-order valence-corrected chi connectivity index (χ4v) is 3.12. The SMILES string of the molecule is Cc1csc(CN(C)C(=O)c2ccc(Cn3nnnc3C)cc2)n1. The van der Waals surface area contributed by atoms with Crippen LogP contribution in [0, 0.1) is 13.8 Å². The molecule has 124 valence electrons. The second kappa shape index (κ2) is 6.88. The Kier molecular flexibility index (Phi) is 4.66. The summed E-state index contributed by atoms with van der Waals surface area (Å²) in [5.74, 6) is 0.738. The Balaban J connectivity index is 1.66. The minimum absolute atomic E-state index is 0.0204. The Morgan fingerprint density at radius 2 is 2.00 bits per heavy atom. The first kappa shape index (κ1) is 16.3. The van der Waals surface area contributed by atoms with Gasteiger partial charge in [-0.2, -0.15) is 0 Å². The van der Waals surface area contributed by atoms with Crippen molar-refractivity contribution in [3.05, 3.63) is 57.3 Å². The molecule has 0 saturated carbocycles. The number of benzene rings is 1. The van der Waals surface area contributed by atoms with E-state index < -0.39 is 0 Å². The standard InChI is InChI=1S/C16H18N6OS/c1-11-10-24-15(17-11)9-21(3)16(23)14-6-4-13(5-7-14)8-22-12(2)18-19-20-22/h4-7,10H,8-9H2,1-3H3. The molecular formula is C16H18N6OS. The fourth-order valence-electron chi connectivity index (χ4n) is 2.29. The van der Waals surface area contributed by atoms with Crippen LogP contribution in [0.2, 0.25) is 0 Å². The number of amides is 1. The Bertz CT molecular complexity index is 838. The molecule has 1 amide bonds. The average molecular weight is 342 g/mol. The molecule has 2 aromatic heterocycles. The van der Waals surface area contributed by atoms with Crippen molar-refractivity contribution in [2.45, 2.75) is 26.9 Å². The van der Waals surface area contributed by atoms with Gasteiger partial charge in [0.2, 0.25) is 0 Å². The summed E-state index contributed by atoms with van der Waals surface area (Å²) in [4.78, 5) is 18.6. The number of thiazole rings is 1. The molecule has 3 rings (SSSR count). The summed E-state index contributed by atoms with van der Waals surface area (Å²) in [6.45, 7) is 4.91. The molecule has 0 unspecified atom stereocenters. The predicted octanol–water partition coefficient (Wildman–Crippen LogP) is 2.07. The molecule has 0 atom stereocenters. The van der Waals surface area contributed by atoms with Gasteiger partial charge in [-0.15, -0.1) is 16.4 Å². The Labute approximate surface area is 144 Å². The summed E-state index contributed by atoms with van der Waals surface area (Å²) in [6.07, 6.45) is 0. The monoisotopic (exact) mass is 342 g/mol. The molecule has 7 nitrogen and oxygen atoms in total. The lowest BCUT2D eigenvalue weighted by Crippen LogP contribution is -2.26. The molecule has 1 aromatic carbocycles. The molecule has 3 aromatic rings. The zero-order valence-electron chi connectivity index (χ0n) is 13.8. The number of hydrogen-bond acceptors (Lipinski definition) is 6. The molecule has 0 bridgehead atoms. The highest BCUT2D eigenvalue weighted by atomic mass is 32.1. The summed E-state index contributed by atoms with van der Waals surface area (Å²) in [6, 6.07) is 7.52. The van der Waals surface area contributed by atoms with Crippen LogP contribution in [0.4, 0.5) is 0 Å². The van der Waals surface area contributed by atoms with Crippen molar-refractivity contribution in [2.75, 3.05) is 7.05 Å². The van der Waals surface area contributed by atoms with E-state index in [1.54, 1.807) is 28.0 Å². The van der Waals surface area contributed by atoms with Crippen LogP contribution < -0.4 is 0 Å². The zero-order chi connectivity index (χ0) is 17.1. The topological polar surface area (TPSA) is 76.8 Å². The third-order valence-corrected chi connectivity index (χ3v) is 4.58. The van der Waals surface area contributed by atoms with E-state index in [1.165, 1.54) is 0 Å². The van der Waals surface area contributed by atoms with Crippen LogP contribution in [0.25, 0.3) is 0 Å². The second-order valence-corrected chi connectivity index (χ2v) is 6.57. The minimum Gasteiger partial charge on any atom is -0.335 e. The molecule has 0 aliphatic heterocycles. The van der Waals surface area contributed by atoms with Crippen LogP contribution in [0.3, 0.4) is 0 Å². The van der Waals surface area contributed by atoms with Crippen LogP contribution in [-0.2, 0) is 13.1 Å². The number of nitrogens with zero attached hydrogens (tertiary/aromatic N) is 6. The lowest BCUT2D eigenvalue weighted by molar-refractivity contribution is 0.0785. The van der Waals surface area contributed by atoms with Crippen LogP contribution >= 0.6 is 11.3 Å². The molecule has 0 fully saturated rings. The normalized spacial score (nSPS) is 10.8. The molecule has 8 heteroatoms. The summed E-state index contributed by atoms with van der Waals surface area (Å²) in [5, 5.41) is 14.3. The smallest absolute Gasteiger partial charge is 0.253 e. The quantitative estimate of drug-likeness (QED) is 0.709. The van der Waals surface area contributed by atoms with Gasteiger partial charge >= 0.3 is 0 Å². The predicted molar refractivity (Wildman–Crippen MR) is 90.7 cm³/mol. The highest BCUT2D eigenvalue weighted by Crippen LogP contribution is 2.14. The number of aromatic nitrogens is 5. The van der Waals surface area contributed by atoms with Crippen LogP contribution in [-0.4, -0.2) is 43.0 Å². The van der Waals surface area contributed by atoms with Crippen LogP contribution in [0.1, 0.15) is 32.4 Å². The van der Waals surface area contributed by atoms with Gasteiger partial charge in [0.25, 0.3) is 5.91 Å². The molecule has 24 heavy (non-hydrogen) atoms. The third kappa shape index (κ3) is 3.65. The van der Waals surface area contributed by atoms with E-state index >= 15 is 0 Å². The van der Waals surface area contributed by atoms with Crippen molar-refractivity contribution in [2.24, 2.45) is 0 Å². The maximum absolute atomic E-state index is 12.5. The van der Waals surface area contributed by atoms with Crippen molar-refractivity contribution < 1.29 is 4.79 Å². The van der Waals surface area contributed by atoms with Gasteiger partial charge in [-0.05, 0) is 42.0 Å². The van der Waals surface area contributed by atoms with E-state index in [0.29, 0.717) is 18.7 Å². The summed E-state index contributed by atoms with van der Waals surface area (Å²) >= 11 is 1.57. The van der Waals surface area contributed by atoms with Crippen molar-refractivity contribution in [3.8, 4) is 0 Å². The van der Waals surface area contributed by atoms with Crippen molar-refractivity contribution in [1.29, 1.82) is 0 Å². The van der Waals surface area contributed by atoms with Gasteiger partial charge in [-0.3, -0.25) is 4.79 Å². The largest absolute Gasteiger partial charge is 0.335 e. The number of carbonyl (C=O) groups excluding carboxylic acids is 1. The maximum atomic E-state index is 12.5. The van der Waals surface area contributed by atoms with E-state index in [4.69, 9.17) is 0 Å². The van der Waals surface area contributed by atoms with E-state index in [9.17, 15) is 4.79 Å². The van der Waals surface area contributed by atoms with Gasteiger partial charge in [-0.1, -0.05) is 12.1 Å². The molecular weight excluding hydrogens is 324 g/mol. The van der Waals surface area contributed by atoms with Gasteiger partial charge in [0.05, 0.1) is 13.1 Å². The van der Waals surface area contributed by atoms with E-state index in [2.05, 4.69) is 20.5 Å². The van der Waals surface area contributed by atoms with Gasteiger partial charge in [0.1, 0.15) is 10.8 Å². The lowest BCUT2D eigenvalue weighted by atomic mass is 10.1. The van der Waals surface area contributed by atoms with Crippen molar-refractivity contribution >= 4 is 17.2 Å². The Morgan fingerprint density at radius 3 is 2.58 bits per heavy atom. The molecule has 2 heterocycles. The van der Waals surface area contributed by atoms with Crippen LogP contribution in [0.15, 0.2) is 29.6 Å². The highest BCUT2D eigenvalue weighted by Gasteiger charge is 2.13. The average Bonchev–Trinajstić information content (AvgIpc) is 3.16. The van der Waals surface area contributed by atoms with Gasteiger partial charge in [0.15, 0.2) is 0 Å².